The van der Waals surface area contributed by atoms with Crippen LogP contribution < -0.4 is 21.3 Å². The van der Waals surface area contributed by atoms with Crippen LogP contribution >= 0.6 is 0 Å². The summed E-state index contributed by atoms with van der Waals surface area (Å²) in [5.41, 5.74) is 0. The molecule has 0 aromatic heterocycles. The van der Waals surface area contributed by atoms with E-state index in [1.807, 2.05) is 0 Å². The molecule has 46 atom stereocenters. The van der Waals surface area contributed by atoms with Gasteiger partial charge in [-0.05, 0) is 6.92 Å². The molecular formula is C65H108N4O49. The van der Waals surface area contributed by atoms with Crippen molar-refractivity contribution in [3.8, 4) is 0 Å². The summed E-state index contributed by atoms with van der Waals surface area (Å²) in [6, 6.07) is -7.72. The monoisotopic (exact) mass is 1730 g/mol. The Kier molecular flexibility index (Phi) is 34.7. The Hall–Kier alpha value is -4.37. The summed E-state index contributed by atoms with van der Waals surface area (Å²) in [4.78, 5) is 64.2. The van der Waals surface area contributed by atoms with E-state index in [0.29, 0.717) is 0 Å². The van der Waals surface area contributed by atoms with Crippen LogP contribution in [-0.2, 0) is 104 Å². The Labute approximate surface area is 666 Å². The van der Waals surface area contributed by atoms with Crippen LogP contribution in [0.2, 0.25) is 0 Å². The Balaban J connectivity index is 1.00. The smallest absolute Gasteiger partial charge is 0.364 e. The second-order valence-electron chi connectivity index (χ2n) is 29.6. The van der Waals surface area contributed by atoms with Crippen LogP contribution in [0, 0.1) is 0 Å². The molecule has 4 amide bonds. The van der Waals surface area contributed by atoms with Crippen molar-refractivity contribution in [3.63, 3.8) is 0 Å². The highest BCUT2D eigenvalue weighted by Gasteiger charge is 2.63. The van der Waals surface area contributed by atoms with Gasteiger partial charge in [-0.2, -0.15) is 0 Å². The zero-order valence-corrected chi connectivity index (χ0v) is 63.1. The van der Waals surface area contributed by atoms with Gasteiger partial charge in [-0.3, -0.25) is 19.2 Å². The van der Waals surface area contributed by atoms with Crippen molar-refractivity contribution >= 4 is 29.6 Å². The van der Waals surface area contributed by atoms with Gasteiger partial charge in [0.15, 0.2) is 50.3 Å². The number of amides is 4. The topological polar surface area (TPSA) is 837 Å². The molecule has 0 aromatic carbocycles. The highest BCUT2D eigenvalue weighted by atomic mass is 16.8. The highest BCUT2D eigenvalue weighted by molar-refractivity contribution is 5.78. The van der Waals surface area contributed by atoms with Gasteiger partial charge in [0.2, 0.25) is 23.6 Å². The molecule has 118 heavy (non-hydrogen) atoms. The summed E-state index contributed by atoms with van der Waals surface area (Å²) >= 11 is 0. The lowest BCUT2D eigenvalue weighted by molar-refractivity contribution is -0.400. The molecule has 9 aliphatic rings. The average molecular weight is 1730 g/mol. The van der Waals surface area contributed by atoms with Crippen molar-refractivity contribution in [2.24, 2.45) is 0 Å². The molecule has 9 heterocycles. The number of rotatable bonds is 32. The molecule has 0 unspecified atom stereocenters. The van der Waals surface area contributed by atoms with Crippen molar-refractivity contribution in [1.82, 2.24) is 21.3 Å². The van der Waals surface area contributed by atoms with E-state index in [1.165, 1.54) is 6.92 Å². The van der Waals surface area contributed by atoms with E-state index in [1.54, 1.807) is 0 Å². The van der Waals surface area contributed by atoms with Crippen LogP contribution in [0.3, 0.4) is 0 Å². The number of nitrogens with one attached hydrogen (secondary N) is 4. The van der Waals surface area contributed by atoms with E-state index in [0.717, 1.165) is 20.8 Å². The molecular weight excluding hydrogens is 1620 g/mol. The largest absolute Gasteiger partial charge is 0.477 e. The first-order chi connectivity index (χ1) is 55.6. The zero-order chi connectivity index (χ0) is 87.3. The highest BCUT2D eigenvalue weighted by Crippen LogP contribution is 2.42. The SMILES string of the molecule is CC(=O)N[C@@H]1[C@@H](O)[C@H](O[C@@H]2O[C@H](CO)[C@@H](O[C@@H]3O[C@H](CO[C@H]4O[C@H](CO)[C@@H](O)[C@H](O)[C@@H]4O)[C@@H](O)[C@H](O[C@H]4O[C@H](CO)[C@@H](O)[C@H](O)[C@@H]4O[C@@H]4O[C@H](CO)[C@@H](O[C@@H]5O[C@H](CO)[C@H](O)[C@H](O[C@]6(C(=O)O)C[C@H](O)[C@@H](NC(=O)CO)[C@H]([C@H](O)[C@H](O)CO)O6)[C@H]5O)[C@H](O)[C@H]4NC(C)=O)[C@@H]3O)[C@H](O)[C@H]2NC(C)=O)[C@@H](CO[C@@H]2O[C@H](C)[C@H](O)[C@H](O)[C@H]2O)O[C@H]1O. The van der Waals surface area contributed by atoms with Crippen LogP contribution in [0.15, 0.2) is 0 Å². The zero-order valence-electron chi connectivity index (χ0n) is 63.1. The second kappa shape index (κ2) is 42.1. The van der Waals surface area contributed by atoms with Crippen molar-refractivity contribution in [2.75, 3.05) is 59.5 Å². The van der Waals surface area contributed by atoms with Gasteiger partial charge in [0, 0.05) is 27.2 Å². The number of carbonyl (C=O) groups excluding carboxylic acids is 4. The molecule has 9 saturated heterocycles. The van der Waals surface area contributed by atoms with Gasteiger partial charge < -0.3 is 240 Å². The minimum absolute atomic E-state index is 0.832. The minimum atomic E-state index is -3.36. The number of aliphatic carboxylic acids is 1. The van der Waals surface area contributed by atoms with Crippen LogP contribution in [0.4, 0.5) is 0 Å². The Morgan fingerprint density at radius 2 is 0.780 bits per heavy atom. The van der Waals surface area contributed by atoms with Crippen LogP contribution in [0.5, 0.6) is 0 Å². The van der Waals surface area contributed by atoms with E-state index < -0.39 is 377 Å². The number of ether oxygens (including phenoxy) is 17. The van der Waals surface area contributed by atoms with E-state index in [9.17, 15) is 162 Å². The first kappa shape index (κ1) is 97.4. The normalized spacial score (nSPS) is 47.6. The number of carbonyl (C=O) groups is 5. The quantitative estimate of drug-likeness (QED) is 0.0297. The van der Waals surface area contributed by atoms with E-state index in [2.05, 4.69) is 21.3 Å². The molecule has 53 nitrogen and oxygen atoms in total. The Bertz CT molecular complexity index is 3210. The number of aliphatic hydroxyl groups is 26. The summed E-state index contributed by atoms with van der Waals surface area (Å²) in [7, 11) is 0. The summed E-state index contributed by atoms with van der Waals surface area (Å²) in [5.74, 6) is -9.64. The molecule has 9 aliphatic heterocycles. The molecule has 9 rings (SSSR count). The van der Waals surface area contributed by atoms with E-state index in [4.69, 9.17) is 80.5 Å². The predicted molar refractivity (Wildman–Crippen MR) is 361 cm³/mol. The van der Waals surface area contributed by atoms with E-state index >= 15 is 0 Å². The fourth-order valence-electron chi connectivity index (χ4n) is 15.0. The van der Waals surface area contributed by atoms with Crippen LogP contribution in [-0.4, -0.2) is 509 Å². The number of hydrogen-bond acceptors (Lipinski definition) is 48. The van der Waals surface area contributed by atoms with Gasteiger partial charge in [-0.1, -0.05) is 0 Å². The molecule has 0 radical (unpaired) electrons. The van der Waals surface area contributed by atoms with Crippen molar-refractivity contribution in [1.29, 1.82) is 0 Å². The second-order valence-corrected chi connectivity index (χ2v) is 29.6. The number of hydrogen-bond donors (Lipinski definition) is 31. The van der Waals surface area contributed by atoms with Crippen LogP contribution in [0.1, 0.15) is 34.1 Å². The lowest BCUT2D eigenvalue weighted by Gasteiger charge is -2.51. The summed E-state index contributed by atoms with van der Waals surface area (Å²) in [6.45, 7) is -6.27. The summed E-state index contributed by atoms with van der Waals surface area (Å²) in [5, 5.41) is 308. The van der Waals surface area contributed by atoms with Gasteiger partial charge in [-0.15, -0.1) is 0 Å². The number of aliphatic hydroxyl groups excluding tert-OH is 26. The summed E-state index contributed by atoms with van der Waals surface area (Å²) in [6.07, 6.45) is -88.8. The molecule has 0 bridgehead atoms. The molecule has 53 heteroatoms. The van der Waals surface area contributed by atoms with Gasteiger partial charge in [0.25, 0.3) is 5.79 Å². The van der Waals surface area contributed by atoms with Crippen molar-refractivity contribution in [2.45, 2.75) is 316 Å². The maximum absolute atomic E-state index is 13.3. The Morgan fingerprint density at radius 1 is 0.381 bits per heavy atom. The summed E-state index contributed by atoms with van der Waals surface area (Å²) < 4.78 is 99.8. The Morgan fingerprint density at radius 3 is 1.28 bits per heavy atom. The van der Waals surface area contributed by atoms with Gasteiger partial charge in [0.05, 0.1) is 71.1 Å². The molecule has 0 aromatic rings. The van der Waals surface area contributed by atoms with Crippen molar-refractivity contribution < 1.29 is 242 Å². The number of carboxylic acid groups (broad SMARTS) is 1. The van der Waals surface area contributed by atoms with E-state index in [-0.39, 0.29) is 0 Å². The molecule has 0 aliphatic carbocycles. The fraction of sp³-hybridized carbons (Fsp3) is 0.923. The maximum atomic E-state index is 13.3. The predicted octanol–water partition coefficient (Wildman–Crippen LogP) is -20.8. The third-order valence-corrected chi connectivity index (χ3v) is 21.4. The maximum Gasteiger partial charge on any atom is 0.364 e. The van der Waals surface area contributed by atoms with Gasteiger partial charge in [0.1, 0.15) is 214 Å². The average Bonchev–Trinajstić information content (AvgIpc) is 0.751. The molecule has 682 valence electrons. The van der Waals surface area contributed by atoms with Gasteiger partial charge >= 0.3 is 5.97 Å². The lowest BCUT2D eigenvalue weighted by Crippen LogP contribution is -2.71. The molecule has 9 fully saturated rings. The third kappa shape index (κ3) is 21.4. The third-order valence-electron chi connectivity index (χ3n) is 21.4. The van der Waals surface area contributed by atoms with Gasteiger partial charge in [-0.25, -0.2) is 4.79 Å². The number of carboxylic acids is 1. The lowest BCUT2D eigenvalue weighted by atomic mass is 9.88. The molecule has 0 saturated carbocycles. The first-order valence-corrected chi connectivity index (χ1v) is 37.3. The fourth-order valence-corrected chi connectivity index (χ4v) is 15.0. The molecule has 0 spiro atoms. The molecule has 31 N–H and O–H groups in total. The van der Waals surface area contributed by atoms with Crippen molar-refractivity contribution in [3.05, 3.63) is 0 Å². The first-order valence-electron chi connectivity index (χ1n) is 37.3. The standard InChI is InChI=1S/C65H108N4O49/c1-15-33(83)42(92)45(95)59(104-15)103-14-27-51(39(89)30(56(99)105-27)66-16(2)77)112-57-31(67-17(3)78)40(90)49(24(10-74)109-57)113-61-47(97)53(38(88)26(111-61)13-102-60-46(96)43(93)35(85)21(7-71)106-60)115-63-55(44(94)36(86)22(8-72)108-63)116-58-32(68-18(4)79)41(91)50(25(11-75)110-58)114-62-48(98)54(37(87)23(9-73)107-62)118-65(64(100)101)5-19(80)29(69-28(82)12-76)52(117-65)34(84)20(81)6-70/h15,19-27,29-63,70-76,80-81,83-99H,5-14H2,1-4H3,(H,66,77)(H,67,78)(H,68,79)(H,69,82)(H,100,101)/t15-,19+,20-,21-,22-,23-,24-,25-,26-,27-,29-,30-,31-,32-,33+,34-,35-,36-,37+,38-,39-,40-,41-,42+,43+,44+,45-,46+,47+,48-,49-,50-,51-,52-,53+,54+,55+,56-,57+,58+,59-,60+,61+,62+,63-,65+/m1/s1. The minimum Gasteiger partial charge on any atom is -0.477 e. The van der Waals surface area contributed by atoms with Crippen LogP contribution in [0.25, 0.3) is 0 Å².